The van der Waals surface area contributed by atoms with Gasteiger partial charge in [0.2, 0.25) is 5.95 Å². The van der Waals surface area contributed by atoms with Gasteiger partial charge in [-0.15, -0.1) is 0 Å². The third-order valence-corrected chi connectivity index (χ3v) is 2.55. The van der Waals surface area contributed by atoms with E-state index in [0.29, 0.717) is 13.0 Å². The molecule has 0 aromatic carbocycles. The van der Waals surface area contributed by atoms with Gasteiger partial charge in [0.05, 0.1) is 0 Å². The summed E-state index contributed by atoms with van der Waals surface area (Å²) in [5.41, 5.74) is -1.58. The van der Waals surface area contributed by atoms with E-state index in [0.717, 1.165) is 6.07 Å². The number of aromatic nitrogens is 2. The maximum atomic E-state index is 12.8. The molecule has 20 heavy (non-hydrogen) atoms. The van der Waals surface area contributed by atoms with Crippen molar-refractivity contribution in [3.63, 3.8) is 0 Å². The quantitative estimate of drug-likeness (QED) is 0.751. The number of aliphatic hydroxyl groups excluding tert-OH is 1. The van der Waals surface area contributed by atoms with Crippen molar-refractivity contribution in [3.05, 3.63) is 11.8 Å². The van der Waals surface area contributed by atoms with Crippen LogP contribution >= 0.6 is 0 Å². The summed E-state index contributed by atoms with van der Waals surface area (Å²) >= 11 is 0. The minimum atomic E-state index is -4.54. The number of rotatable bonds is 6. The highest BCUT2D eigenvalue weighted by molar-refractivity contribution is 5.44. The lowest BCUT2D eigenvalue weighted by atomic mass is 10.0. The van der Waals surface area contributed by atoms with Crippen LogP contribution in [0.5, 0.6) is 0 Å². The molecule has 0 bridgehead atoms. The van der Waals surface area contributed by atoms with Gasteiger partial charge < -0.3 is 15.7 Å². The smallest absolute Gasteiger partial charge is 0.396 e. The molecule has 5 nitrogen and oxygen atoms in total. The first-order valence-electron chi connectivity index (χ1n) is 6.27. The standard InChI is InChI=1S/C12H19F3N4O/c1-4-16-10-17-8(12(13,14)15)7-9(18-10)19-11(2,3)5-6-20/h7,20H,4-6H2,1-3H3,(H2,16,17,18,19). The Hall–Kier alpha value is -1.57. The van der Waals surface area contributed by atoms with E-state index in [9.17, 15) is 13.2 Å². The molecule has 0 atom stereocenters. The van der Waals surface area contributed by atoms with Crippen LogP contribution in [0, 0.1) is 0 Å². The fourth-order valence-electron chi connectivity index (χ4n) is 1.58. The van der Waals surface area contributed by atoms with E-state index in [1.165, 1.54) is 0 Å². The highest BCUT2D eigenvalue weighted by Gasteiger charge is 2.34. The van der Waals surface area contributed by atoms with E-state index >= 15 is 0 Å². The predicted octanol–water partition coefficient (Wildman–Crippen LogP) is 2.50. The minimum absolute atomic E-state index is 0.0710. The summed E-state index contributed by atoms with van der Waals surface area (Å²) in [7, 11) is 0. The van der Waals surface area contributed by atoms with Gasteiger partial charge in [0.25, 0.3) is 0 Å². The summed E-state index contributed by atoms with van der Waals surface area (Å²) in [5, 5.41) is 14.5. The summed E-state index contributed by atoms with van der Waals surface area (Å²) in [6.45, 7) is 5.63. The van der Waals surface area contributed by atoms with Crippen molar-refractivity contribution in [2.75, 3.05) is 23.8 Å². The number of alkyl halides is 3. The summed E-state index contributed by atoms with van der Waals surface area (Å²) < 4.78 is 38.3. The molecule has 1 heterocycles. The Morgan fingerprint density at radius 1 is 1.25 bits per heavy atom. The van der Waals surface area contributed by atoms with Crippen molar-refractivity contribution in [1.29, 1.82) is 0 Å². The van der Waals surface area contributed by atoms with E-state index in [2.05, 4.69) is 20.6 Å². The van der Waals surface area contributed by atoms with E-state index in [1.54, 1.807) is 20.8 Å². The molecule has 0 unspecified atom stereocenters. The second-order valence-electron chi connectivity index (χ2n) is 4.97. The van der Waals surface area contributed by atoms with Crippen molar-refractivity contribution in [2.24, 2.45) is 0 Å². The van der Waals surface area contributed by atoms with Gasteiger partial charge in [0.1, 0.15) is 5.82 Å². The minimum Gasteiger partial charge on any atom is -0.396 e. The summed E-state index contributed by atoms with van der Waals surface area (Å²) in [6, 6.07) is 0.861. The first-order valence-corrected chi connectivity index (χ1v) is 6.27. The second-order valence-corrected chi connectivity index (χ2v) is 4.97. The molecular formula is C12H19F3N4O. The highest BCUT2D eigenvalue weighted by Crippen LogP contribution is 2.30. The Bertz CT molecular complexity index is 449. The van der Waals surface area contributed by atoms with Crippen LogP contribution in [0.15, 0.2) is 6.07 Å². The SMILES string of the molecule is CCNc1nc(NC(C)(C)CCO)cc(C(F)(F)F)n1. The van der Waals surface area contributed by atoms with Crippen LogP contribution < -0.4 is 10.6 Å². The van der Waals surface area contributed by atoms with E-state index in [1.807, 2.05) is 0 Å². The van der Waals surface area contributed by atoms with Gasteiger partial charge in [-0.25, -0.2) is 4.98 Å². The third-order valence-electron chi connectivity index (χ3n) is 2.55. The van der Waals surface area contributed by atoms with Crippen molar-refractivity contribution in [3.8, 4) is 0 Å². The Morgan fingerprint density at radius 3 is 2.40 bits per heavy atom. The van der Waals surface area contributed by atoms with Crippen molar-refractivity contribution in [2.45, 2.75) is 38.9 Å². The topological polar surface area (TPSA) is 70.1 Å². The van der Waals surface area contributed by atoms with Gasteiger partial charge in [-0.3, -0.25) is 0 Å². The molecule has 0 radical (unpaired) electrons. The van der Waals surface area contributed by atoms with Crippen LogP contribution in [-0.4, -0.2) is 33.8 Å². The number of nitrogens with one attached hydrogen (secondary N) is 2. The van der Waals surface area contributed by atoms with Gasteiger partial charge in [0.15, 0.2) is 5.69 Å². The zero-order valence-corrected chi connectivity index (χ0v) is 11.7. The zero-order chi connectivity index (χ0) is 15.4. The molecule has 3 N–H and O–H groups in total. The summed E-state index contributed by atoms with van der Waals surface area (Å²) in [6.07, 6.45) is -4.15. The van der Waals surface area contributed by atoms with Crippen LogP contribution in [-0.2, 0) is 6.18 Å². The molecular weight excluding hydrogens is 273 g/mol. The lowest BCUT2D eigenvalue weighted by molar-refractivity contribution is -0.141. The average Bonchev–Trinajstić information content (AvgIpc) is 2.26. The molecule has 0 aliphatic rings. The van der Waals surface area contributed by atoms with Gasteiger partial charge in [-0.1, -0.05) is 0 Å². The molecule has 1 aromatic heterocycles. The summed E-state index contributed by atoms with van der Waals surface area (Å²) in [4.78, 5) is 7.42. The third kappa shape index (κ3) is 4.84. The first kappa shape index (κ1) is 16.5. The molecule has 0 saturated heterocycles. The molecule has 0 amide bonds. The molecule has 0 saturated carbocycles. The second kappa shape index (κ2) is 6.25. The molecule has 1 aromatic rings. The van der Waals surface area contributed by atoms with E-state index < -0.39 is 17.4 Å². The number of aliphatic hydroxyl groups is 1. The number of hydrogen-bond donors (Lipinski definition) is 3. The van der Waals surface area contributed by atoms with Gasteiger partial charge >= 0.3 is 6.18 Å². The maximum Gasteiger partial charge on any atom is 0.433 e. The zero-order valence-electron chi connectivity index (χ0n) is 11.7. The number of nitrogens with zero attached hydrogens (tertiary/aromatic N) is 2. The molecule has 0 spiro atoms. The van der Waals surface area contributed by atoms with Gasteiger partial charge in [-0.05, 0) is 27.2 Å². The molecule has 0 fully saturated rings. The normalized spacial score (nSPS) is 12.3. The Kier molecular flexibility index (Phi) is 5.15. The number of halogens is 3. The number of hydrogen-bond acceptors (Lipinski definition) is 5. The lowest BCUT2D eigenvalue weighted by Crippen LogP contribution is -2.32. The monoisotopic (exact) mass is 292 g/mol. The molecule has 0 aliphatic carbocycles. The average molecular weight is 292 g/mol. The van der Waals surface area contributed by atoms with E-state index in [4.69, 9.17) is 5.11 Å². The Balaban J connectivity index is 3.09. The fraction of sp³-hybridized carbons (Fsp3) is 0.667. The van der Waals surface area contributed by atoms with Gasteiger partial charge in [0, 0.05) is 24.8 Å². The first-order chi connectivity index (χ1) is 9.18. The molecule has 0 aliphatic heterocycles. The summed E-state index contributed by atoms with van der Waals surface area (Å²) in [5.74, 6) is -0.00801. The van der Waals surface area contributed by atoms with Crippen LogP contribution in [0.2, 0.25) is 0 Å². The Labute approximate surface area is 115 Å². The largest absolute Gasteiger partial charge is 0.433 e. The molecule has 114 valence electrons. The van der Waals surface area contributed by atoms with Crippen molar-refractivity contribution in [1.82, 2.24) is 9.97 Å². The van der Waals surface area contributed by atoms with Crippen LogP contribution in [0.1, 0.15) is 32.9 Å². The van der Waals surface area contributed by atoms with Crippen molar-refractivity contribution >= 4 is 11.8 Å². The maximum absolute atomic E-state index is 12.8. The van der Waals surface area contributed by atoms with Crippen LogP contribution in [0.3, 0.4) is 0 Å². The fourth-order valence-corrected chi connectivity index (χ4v) is 1.58. The van der Waals surface area contributed by atoms with Crippen molar-refractivity contribution < 1.29 is 18.3 Å². The molecule has 1 rings (SSSR count). The highest BCUT2D eigenvalue weighted by atomic mass is 19.4. The van der Waals surface area contributed by atoms with Gasteiger partial charge in [-0.2, -0.15) is 18.2 Å². The molecule has 8 heteroatoms. The van der Waals surface area contributed by atoms with Crippen LogP contribution in [0.4, 0.5) is 24.9 Å². The van der Waals surface area contributed by atoms with E-state index in [-0.39, 0.29) is 18.4 Å². The van der Waals surface area contributed by atoms with Crippen LogP contribution in [0.25, 0.3) is 0 Å². The number of anilines is 2. The predicted molar refractivity (Wildman–Crippen MR) is 70.6 cm³/mol. The lowest BCUT2D eigenvalue weighted by Gasteiger charge is -2.26. The Morgan fingerprint density at radius 2 is 1.90 bits per heavy atom.